The van der Waals surface area contributed by atoms with E-state index in [0.717, 1.165) is 36.4 Å². The Morgan fingerprint density at radius 2 is 2.00 bits per heavy atom. The van der Waals surface area contributed by atoms with Gasteiger partial charge in [-0.15, -0.1) is 0 Å². The van der Waals surface area contributed by atoms with Crippen molar-refractivity contribution < 1.29 is 9.47 Å². The van der Waals surface area contributed by atoms with Crippen molar-refractivity contribution in [2.75, 3.05) is 19.5 Å². The summed E-state index contributed by atoms with van der Waals surface area (Å²) in [7, 11) is 3.28. The van der Waals surface area contributed by atoms with Crippen molar-refractivity contribution in [2.45, 2.75) is 31.7 Å². The molecule has 1 aromatic carbocycles. The molecule has 1 aliphatic carbocycles. The molecule has 4 nitrogen and oxygen atoms in total. The predicted octanol–water partition coefficient (Wildman–Crippen LogP) is 3.20. The number of hydrogen-bond acceptors (Lipinski definition) is 4. The van der Waals surface area contributed by atoms with Gasteiger partial charge in [0.2, 0.25) is 0 Å². The first-order valence-electron chi connectivity index (χ1n) is 6.66. The van der Waals surface area contributed by atoms with Crippen LogP contribution >= 0.6 is 0 Å². The van der Waals surface area contributed by atoms with Crippen LogP contribution in [0.3, 0.4) is 0 Å². The third-order valence-corrected chi connectivity index (χ3v) is 3.68. The average Bonchev–Trinajstić information content (AvgIpc) is 2.48. The second-order valence-corrected chi connectivity index (χ2v) is 4.84. The molecule has 0 bridgehead atoms. The normalized spacial score (nSPS) is 22.4. The summed E-state index contributed by atoms with van der Waals surface area (Å²) >= 11 is 0. The molecule has 4 heteroatoms. The number of hydrogen-bond donors (Lipinski definition) is 1. The second kappa shape index (κ2) is 6.33. The summed E-state index contributed by atoms with van der Waals surface area (Å²) in [6, 6.07) is 8.31. The van der Waals surface area contributed by atoms with Crippen LogP contribution < -0.4 is 14.8 Å². The highest BCUT2D eigenvalue weighted by Gasteiger charge is 2.25. The van der Waals surface area contributed by atoms with Gasteiger partial charge in [0.1, 0.15) is 11.5 Å². The fourth-order valence-electron chi connectivity index (χ4n) is 2.58. The van der Waals surface area contributed by atoms with E-state index in [1.54, 1.807) is 14.2 Å². The number of anilines is 1. The van der Waals surface area contributed by atoms with Crippen LogP contribution in [0.2, 0.25) is 0 Å². The largest absolute Gasteiger partial charge is 0.497 e. The molecule has 0 spiro atoms. The molecule has 1 saturated carbocycles. The van der Waals surface area contributed by atoms with E-state index >= 15 is 0 Å². The van der Waals surface area contributed by atoms with Gasteiger partial charge in [-0.25, -0.2) is 0 Å². The van der Waals surface area contributed by atoms with Gasteiger partial charge in [0.05, 0.1) is 31.9 Å². The van der Waals surface area contributed by atoms with Gasteiger partial charge >= 0.3 is 0 Å². The lowest BCUT2D eigenvalue weighted by Gasteiger charge is -2.29. The number of benzene rings is 1. The molecule has 0 saturated heterocycles. The summed E-state index contributed by atoms with van der Waals surface area (Å²) in [4.78, 5) is 0. The fourth-order valence-corrected chi connectivity index (χ4v) is 2.58. The lowest BCUT2D eigenvalue weighted by atomic mass is 9.85. The minimum atomic E-state index is 0.0838. The van der Waals surface area contributed by atoms with Gasteiger partial charge in [0.25, 0.3) is 0 Å². The quantitative estimate of drug-likeness (QED) is 0.903. The Bertz CT molecular complexity index is 468. The number of rotatable bonds is 4. The van der Waals surface area contributed by atoms with E-state index in [1.165, 1.54) is 6.42 Å². The molecular weight excluding hydrogens is 240 g/mol. The van der Waals surface area contributed by atoms with E-state index in [0.29, 0.717) is 0 Å². The first kappa shape index (κ1) is 13.5. The van der Waals surface area contributed by atoms with E-state index in [2.05, 4.69) is 11.4 Å². The Balaban J connectivity index is 2.15. The van der Waals surface area contributed by atoms with Crippen molar-refractivity contribution in [3.8, 4) is 17.6 Å². The minimum Gasteiger partial charge on any atom is -0.497 e. The van der Waals surface area contributed by atoms with Crippen LogP contribution in [0.1, 0.15) is 25.7 Å². The van der Waals surface area contributed by atoms with Gasteiger partial charge in [0.15, 0.2) is 0 Å². The zero-order valence-electron chi connectivity index (χ0n) is 11.5. The van der Waals surface area contributed by atoms with Crippen LogP contribution in [0.4, 0.5) is 5.69 Å². The fraction of sp³-hybridized carbons (Fsp3) is 0.533. The third-order valence-electron chi connectivity index (χ3n) is 3.68. The standard InChI is InChI=1S/C15H20N2O2/c1-18-12-7-8-14(15(9-12)19-2)17-13-6-4-3-5-11(13)10-16/h7-9,11,13,17H,3-6H2,1-2H3. The summed E-state index contributed by atoms with van der Waals surface area (Å²) in [5, 5.41) is 12.7. The molecule has 2 atom stereocenters. The molecule has 1 aromatic rings. The van der Waals surface area contributed by atoms with Crippen molar-refractivity contribution in [3.05, 3.63) is 18.2 Å². The Hall–Kier alpha value is -1.89. The minimum absolute atomic E-state index is 0.0838. The monoisotopic (exact) mass is 260 g/mol. The molecule has 0 amide bonds. The molecule has 0 aromatic heterocycles. The molecule has 1 N–H and O–H groups in total. The van der Waals surface area contributed by atoms with Crippen molar-refractivity contribution >= 4 is 5.69 Å². The van der Waals surface area contributed by atoms with Gasteiger partial charge < -0.3 is 14.8 Å². The number of nitrogens with zero attached hydrogens (tertiary/aromatic N) is 1. The van der Waals surface area contributed by atoms with E-state index in [1.807, 2.05) is 18.2 Å². The van der Waals surface area contributed by atoms with E-state index in [-0.39, 0.29) is 12.0 Å². The number of methoxy groups -OCH3 is 2. The summed E-state index contributed by atoms with van der Waals surface area (Å²) in [6.45, 7) is 0. The molecule has 2 unspecified atom stereocenters. The lowest BCUT2D eigenvalue weighted by molar-refractivity contribution is 0.380. The van der Waals surface area contributed by atoms with Crippen molar-refractivity contribution in [1.29, 1.82) is 5.26 Å². The molecule has 1 fully saturated rings. The van der Waals surface area contributed by atoms with Gasteiger partial charge in [-0.2, -0.15) is 5.26 Å². The van der Waals surface area contributed by atoms with Crippen molar-refractivity contribution in [1.82, 2.24) is 0 Å². The molecule has 2 rings (SSSR count). The molecule has 0 radical (unpaired) electrons. The SMILES string of the molecule is COc1ccc(NC2CCCCC2C#N)c(OC)c1. The summed E-state index contributed by atoms with van der Waals surface area (Å²) in [6.07, 6.45) is 4.34. The molecule has 1 aliphatic rings. The highest BCUT2D eigenvalue weighted by molar-refractivity contribution is 5.59. The van der Waals surface area contributed by atoms with Gasteiger partial charge in [-0.3, -0.25) is 0 Å². The van der Waals surface area contributed by atoms with Gasteiger partial charge in [-0.1, -0.05) is 12.8 Å². The second-order valence-electron chi connectivity index (χ2n) is 4.84. The zero-order chi connectivity index (χ0) is 13.7. The van der Waals surface area contributed by atoms with Gasteiger partial charge in [-0.05, 0) is 25.0 Å². The Morgan fingerprint density at radius 1 is 1.21 bits per heavy atom. The van der Waals surface area contributed by atoms with Crippen molar-refractivity contribution in [2.24, 2.45) is 5.92 Å². The zero-order valence-corrected chi connectivity index (χ0v) is 11.5. The number of ether oxygens (including phenoxy) is 2. The number of nitrogens with one attached hydrogen (secondary N) is 1. The van der Waals surface area contributed by atoms with E-state index in [9.17, 15) is 5.26 Å². The molecular formula is C15H20N2O2. The maximum atomic E-state index is 9.21. The van der Waals surface area contributed by atoms with Crippen LogP contribution in [0.15, 0.2) is 18.2 Å². The first-order chi connectivity index (χ1) is 9.28. The van der Waals surface area contributed by atoms with Crippen LogP contribution in [0.5, 0.6) is 11.5 Å². The molecule has 0 heterocycles. The third kappa shape index (κ3) is 3.11. The van der Waals surface area contributed by atoms with Crippen LogP contribution in [-0.2, 0) is 0 Å². The molecule has 102 valence electrons. The van der Waals surface area contributed by atoms with Gasteiger partial charge in [0, 0.05) is 12.1 Å². The maximum Gasteiger partial charge on any atom is 0.145 e. The lowest BCUT2D eigenvalue weighted by Crippen LogP contribution is -2.31. The summed E-state index contributed by atoms with van der Waals surface area (Å²) in [5.74, 6) is 1.60. The van der Waals surface area contributed by atoms with Crippen LogP contribution in [-0.4, -0.2) is 20.3 Å². The summed E-state index contributed by atoms with van der Waals surface area (Å²) in [5.41, 5.74) is 0.926. The predicted molar refractivity (Wildman–Crippen MR) is 74.5 cm³/mol. The smallest absolute Gasteiger partial charge is 0.145 e. The Morgan fingerprint density at radius 3 is 2.68 bits per heavy atom. The first-order valence-corrected chi connectivity index (χ1v) is 6.66. The van der Waals surface area contributed by atoms with Crippen molar-refractivity contribution in [3.63, 3.8) is 0 Å². The van der Waals surface area contributed by atoms with Crippen LogP contribution in [0, 0.1) is 17.2 Å². The molecule has 0 aliphatic heterocycles. The highest BCUT2D eigenvalue weighted by Crippen LogP contribution is 2.33. The van der Waals surface area contributed by atoms with E-state index < -0.39 is 0 Å². The Labute approximate surface area is 114 Å². The highest BCUT2D eigenvalue weighted by atomic mass is 16.5. The maximum absolute atomic E-state index is 9.21. The number of nitriles is 1. The summed E-state index contributed by atoms with van der Waals surface area (Å²) < 4.78 is 10.6. The molecule has 19 heavy (non-hydrogen) atoms. The average molecular weight is 260 g/mol. The van der Waals surface area contributed by atoms with E-state index in [4.69, 9.17) is 9.47 Å². The Kier molecular flexibility index (Phi) is 4.51. The topological polar surface area (TPSA) is 54.3 Å². The van der Waals surface area contributed by atoms with Crippen LogP contribution in [0.25, 0.3) is 0 Å².